The van der Waals surface area contributed by atoms with E-state index in [2.05, 4.69) is 87.1 Å². The van der Waals surface area contributed by atoms with Crippen molar-refractivity contribution >= 4 is 37.4 Å². The minimum absolute atomic E-state index is 0.116. The Balaban J connectivity index is 1.97. The van der Waals surface area contributed by atoms with Gasteiger partial charge in [0.05, 0.1) is 14.9 Å². The van der Waals surface area contributed by atoms with Gasteiger partial charge in [-0.2, -0.15) is 0 Å². The summed E-state index contributed by atoms with van der Waals surface area (Å²) in [7, 11) is 0. The summed E-state index contributed by atoms with van der Waals surface area (Å²) in [5.41, 5.74) is 5.70. The zero-order valence-corrected chi connectivity index (χ0v) is 18.1. The number of aromatic nitrogens is 1. The van der Waals surface area contributed by atoms with Crippen molar-refractivity contribution < 1.29 is 0 Å². The van der Waals surface area contributed by atoms with Gasteiger partial charge in [-0.05, 0) is 60.8 Å². The minimum Gasteiger partial charge on any atom is -0.254 e. The maximum atomic E-state index is 4.75. The van der Waals surface area contributed by atoms with Gasteiger partial charge in [-0.3, -0.25) is 4.98 Å². The first-order valence-corrected chi connectivity index (χ1v) is 10.4. The number of hydrogen-bond donors (Lipinski definition) is 0. The second-order valence-corrected chi connectivity index (χ2v) is 10.5. The molecule has 0 fully saturated rings. The molecule has 0 saturated carbocycles. The van der Waals surface area contributed by atoms with Crippen LogP contribution in [0.3, 0.4) is 0 Å². The summed E-state index contributed by atoms with van der Waals surface area (Å²) in [5.74, 6) is 0. The molecule has 3 heteroatoms. The lowest BCUT2D eigenvalue weighted by molar-refractivity contribution is 0.125. The van der Waals surface area contributed by atoms with Gasteiger partial charge in [0, 0.05) is 17.1 Å². The zero-order valence-electron chi connectivity index (χ0n) is 15.7. The van der Waals surface area contributed by atoms with E-state index in [1.807, 2.05) is 6.20 Å². The number of halogens is 1. The highest BCUT2D eigenvalue weighted by Gasteiger charge is 2.56. The Morgan fingerprint density at radius 3 is 2.32 bits per heavy atom. The van der Waals surface area contributed by atoms with Gasteiger partial charge in [0.1, 0.15) is 0 Å². The standard InChI is InChI=1S/C22H24BrNS/c1-20(2)15-8-7-13(11-16(15)21(3,4)22(20,5)6)18-14-9-10-25-19(14)17(23)12-24-18/h7-12H,1-6H3. The summed E-state index contributed by atoms with van der Waals surface area (Å²) in [4.78, 5) is 4.75. The van der Waals surface area contributed by atoms with Crippen LogP contribution < -0.4 is 0 Å². The molecular weight excluding hydrogens is 390 g/mol. The average Bonchev–Trinajstić information content (AvgIpc) is 3.07. The first kappa shape index (κ1) is 17.2. The molecule has 130 valence electrons. The summed E-state index contributed by atoms with van der Waals surface area (Å²) in [5, 5.41) is 3.37. The van der Waals surface area contributed by atoms with Crippen LogP contribution in [0.25, 0.3) is 21.3 Å². The summed E-state index contributed by atoms with van der Waals surface area (Å²) < 4.78 is 2.34. The van der Waals surface area contributed by atoms with Crippen LogP contribution in [0.1, 0.15) is 52.7 Å². The minimum atomic E-state index is 0.116. The van der Waals surface area contributed by atoms with Gasteiger partial charge in [0.15, 0.2) is 0 Å². The molecule has 0 aliphatic heterocycles. The van der Waals surface area contributed by atoms with E-state index < -0.39 is 0 Å². The Morgan fingerprint density at radius 1 is 0.920 bits per heavy atom. The number of thiophene rings is 1. The normalized spacial score (nSPS) is 20.0. The van der Waals surface area contributed by atoms with Gasteiger partial charge < -0.3 is 0 Å². The predicted molar refractivity (Wildman–Crippen MR) is 113 cm³/mol. The monoisotopic (exact) mass is 413 g/mol. The number of rotatable bonds is 1. The lowest BCUT2D eigenvalue weighted by atomic mass is 9.59. The average molecular weight is 414 g/mol. The topological polar surface area (TPSA) is 12.9 Å². The third kappa shape index (κ3) is 2.09. The van der Waals surface area contributed by atoms with Crippen LogP contribution in [0.5, 0.6) is 0 Å². The maximum absolute atomic E-state index is 4.75. The highest BCUT2D eigenvalue weighted by molar-refractivity contribution is 9.10. The molecule has 0 radical (unpaired) electrons. The Kier molecular flexibility index (Phi) is 3.56. The summed E-state index contributed by atoms with van der Waals surface area (Å²) in [6, 6.07) is 9.16. The van der Waals surface area contributed by atoms with E-state index in [-0.39, 0.29) is 16.2 Å². The fourth-order valence-electron chi connectivity index (χ4n) is 4.37. The molecule has 0 N–H and O–H groups in total. The summed E-state index contributed by atoms with van der Waals surface area (Å²) >= 11 is 5.39. The number of benzene rings is 1. The van der Waals surface area contributed by atoms with Gasteiger partial charge in [-0.1, -0.05) is 53.7 Å². The van der Waals surface area contributed by atoms with Gasteiger partial charge in [-0.15, -0.1) is 11.3 Å². The lowest BCUT2D eigenvalue weighted by Gasteiger charge is -2.44. The fourth-order valence-corrected chi connectivity index (χ4v) is 5.76. The van der Waals surface area contributed by atoms with E-state index in [1.54, 1.807) is 11.3 Å². The Morgan fingerprint density at radius 2 is 1.60 bits per heavy atom. The molecule has 25 heavy (non-hydrogen) atoms. The van der Waals surface area contributed by atoms with Crippen molar-refractivity contribution in [2.45, 2.75) is 52.4 Å². The lowest BCUT2D eigenvalue weighted by Crippen LogP contribution is -2.42. The molecule has 0 atom stereocenters. The molecule has 0 amide bonds. The Bertz CT molecular complexity index is 994. The van der Waals surface area contributed by atoms with Crippen LogP contribution in [0.15, 0.2) is 40.3 Å². The van der Waals surface area contributed by atoms with Crippen molar-refractivity contribution in [3.8, 4) is 11.3 Å². The van der Waals surface area contributed by atoms with Crippen LogP contribution in [0, 0.1) is 5.41 Å². The second kappa shape index (κ2) is 5.17. The van der Waals surface area contributed by atoms with Crippen LogP contribution in [0.2, 0.25) is 0 Å². The predicted octanol–water partition coefficient (Wildman–Crippen LogP) is 7.32. The number of hydrogen-bond acceptors (Lipinski definition) is 2. The highest BCUT2D eigenvalue weighted by atomic mass is 79.9. The molecule has 4 rings (SSSR count). The molecule has 1 aromatic carbocycles. The van der Waals surface area contributed by atoms with Crippen molar-refractivity contribution in [1.82, 2.24) is 4.98 Å². The highest BCUT2D eigenvalue weighted by Crippen LogP contribution is 2.61. The first-order valence-electron chi connectivity index (χ1n) is 8.76. The van der Waals surface area contributed by atoms with E-state index in [0.29, 0.717) is 0 Å². The summed E-state index contributed by atoms with van der Waals surface area (Å²) in [6.45, 7) is 14.4. The molecule has 1 nitrogen and oxygen atoms in total. The molecule has 2 aromatic heterocycles. The van der Waals surface area contributed by atoms with Crippen molar-refractivity contribution in [2.75, 3.05) is 0 Å². The van der Waals surface area contributed by atoms with E-state index in [1.165, 1.54) is 26.8 Å². The van der Waals surface area contributed by atoms with Crippen molar-refractivity contribution in [3.63, 3.8) is 0 Å². The molecule has 0 saturated heterocycles. The van der Waals surface area contributed by atoms with Gasteiger partial charge >= 0.3 is 0 Å². The molecule has 3 aromatic rings. The van der Waals surface area contributed by atoms with Crippen LogP contribution in [-0.2, 0) is 10.8 Å². The largest absolute Gasteiger partial charge is 0.254 e. The number of nitrogens with zero attached hydrogens (tertiary/aromatic N) is 1. The van der Waals surface area contributed by atoms with E-state index in [0.717, 1.165) is 10.2 Å². The second-order valence-electron chi connectivity index (χ2n) is 8.75. The Labute approximate surface area is 162 Å². The molecule has 0 spiro atoms. The molecular formula is C22H24BrNS. The first-order chi connectivity index (χ1) is 11.6. The van der Waals surface area contributed by atoms with Crippen molar-refractivity contribution in [1.29, 1.82) is 0 Å². The smallest absolute Gasteiger partial charge is 0.0789 e. The van der Waals surface area contributed by atoms with Crippen LogP contribution in [0.4, 0.5) is 0 Å². The van der Waals surface area contributed by atoms with Crippen LogP contribution >= 0.6 is 27.3 Å². The van der Waals surface area contributed by atoms with Gasteiger partial charge in [0.2, 0.25) is 0 Å². The fraction of sp³-hybridized carbons (Fsp3) is 0.409. The number of pyridine rings is 1. The van der Waals surface area contributed by atoms with E-state index >= 15 is 0 Å². The molecule has 0 bridgehead atoms. The van der Waals surface area contributed by atoms with Gasteiger partial charge in [0.25, 0.3) is 0 Å². The van der Waals surface area contributed by atoms with Crippen LogP contribution in [-0.4, -0.2) is 4.98 Å². The van der Waals surface area contributed by atoms with Crippen molar-refractivity contribution in [3.05, 3.63) is 51.4 Å². The van der Waals surface area contributed by atoms with E-state index in [4.69, 9.17) is 4.98 Å². The third-order valence-corrected chi connectivity index (χ3v) is 9.02. The summed E-state index contributed by atoms with van der Waals surface area (Å²) in [6.07, 6.45) is 1.93. The SMILES string of the molecule is CC1(C)c2ccc(-c3ncc(Br)c4sccc34)cc2C(C)(C)C1(C)C. The van der Waals surface area contributed by atoms with E-state index in [9.17, 15) is 0 Å². The Hall–Kier alpha value is -1.19. The third-order valence-electron chi connectivity index (χ3n) is 7.21. The zero-order chi connectivity index (χ0) is 18.2. The maximum Gasteiger partial charge on any atom is 0.0789 e. The molecule has 0 unspecified atom stereocenters. The molecule has 1 aliphatic carbocycles. The molecule has 1 aliphatic rings. The number of fused-ring (bicyclic) bond motifs is 2. The van der Waals surface area contributed by atoms with Gasteiger partial charge in [-0.25, -0.2) is 0 Å². The molecule has 2 heterocycles. The van der Waals surface area contributed by atoms with Crippen molar-refractivity contribution in [2.24, 2.45) is 5.41 Å². The quantitative estimate of drug-likeness (QED) is 0.406.